The van der Waals surface area contributed by atoms with E-state index in [1.165, 1.54) is 0 Å². The second-order valence-electron chi connectivity index (χ2n) is 0.817. The van der Waals surface area contributed by atoms with Crippen LogP contribution in [0.2, 0.25) is 0 Å². The molecule has 0 amide bonds. The molecule has 3 nitrogen and oxygen atoms in total. The van der Waals surface area contributed by atoms with Crippen molar-refractivity contribution in [3.63, 3.8) is 0 Å². The van der Waals surface area contributed by atoms with Gasteiger partial charge in [0.2, 0.25) is 0 Å². The van der Waals surface area contributed by atoms with Gasteiger partial charge in [0.05, 0.1) is 0 Å². The molecule has 0 aliphatic carbocycles. The summed E-state index contributed by atoms with van der Waals surface area (Å²) < 4.78 is 9.41. The number of hydrogen-bond donors (Lipinski definition) is 0. The Morgan fingerprint density at radius 3 is 2.86 bits per heavy atom. The van der Waals surface area contributed by atoms with E-state index in [0.29, 0.717) is 13.4 Å². The Morgan fingerprint density at radius 2 is 2.43 bits per heavy atom. The third kappa shape index (κ3) is 5.20. The maximum atomic E-state index is 9.45. The summed E-state index contributed by atoms with van der Waals surface area (Å²) in [6.07, 6.45) is 1.68. The minimum absolute atomic E-state index is 0.0821. The Hall–Kier alpha value is -0.795. The van der Waals surface area contributed by atoms with Crippen molar-refractivity contribution in [2.75, 3.05) is 6.54 Å². The molecule has 0 aliphatic heterocycles. The summed E-state index contributed by atoms with van der Waals surface area (Å²) in [5, 5.41) is 0. The minimum atomic E-state index is 0.0821. The van der Waals surface area contributed by atoms with Crippen molar-refractivity contribution in [2.24, 2.45) is 4.99 Å². The van der Waals surface area contributed by atoms with Crippen molar-refractivity contribution in [2.45, 2.75) is 0 Å². The van der Waals surface area contributed by atoms with Crippen LogP contribution < -0.4 is 0 Å². The molecule has 0 rings (SSSR count). The van der Waals surface area contributed by atoms with Gasteiger partial charge in [-0.05, 0) is 0 Å². The zero-order chi connectivity index (χ0) is 5.54. The Labute approximate surface area is 41.7 Å². The maximum absolute atomic E-state index is 9.45. The first kappa shape index (κ1) is 6.20. The van der Waals surface area contributed by atoms with Gasteiger partial charge >= 0.3 is 40.6 Å². The molecule has 0 aromatic rings. The van der Waals surface area contributed by atoms with Crippen LogP contribution in [0.4, 0.5) is 0 Å². The number of aldehydes is 1. The van der Waals surface area contributed by atoms with Crippen molar-refractivity contribution in [1.29, 1.82) is 0 Å². The summed E-state index contributed by atoms with van der Waals surface area (Å²) in [5.41, 5.74) is 0. The van der Waals surface area contributed by atoms with Gasteiger partial charge in [-0.3, -0.25) is 0 Å². The molecule has 7 heavy (non-hydrogen) atoms. The average Bonchev–Trinajstić information content (AvgIpc) is 1.69. The van der Waals surface area contributed by atoms with Gasteiger partial charge in [-0.15, -0.1) is 0 Å². The fraction of sp³-hybridized carbons (Fsp3) is 0.333. The van der Waals surface area contributed by atoms with E-state index >= 15 is 0 Å². The van der Waals surface area contributed by atoms with Crippen LogP contribution in [-0.4, -0.2) is 26.1 Å². The predicted molar refractivity (Wildman–Crippen MR) is 25.9 cm³/mol. The van der Waals surface area contributed by atoms with Crippen LogP contribution in [0.1, 0.15) is 0 Å². The van der Waals surface area contributed by atoms with E-state index in [0.717, 1.165) is 6.11 Å². The number of aliphatic imine (C=N–C) groups is 1. The second-order valence-corrected chi connectivity index (χ2v) is 0.817. The van der Waals surface area contributed by atoms with E-state index in [4.69, 9.17) is 0 Å². The van der Waals surface area contributed by atoms with Crippen molar-refractivity contribution in [3.05, 3.63) is 0 Å². The van der Waals surface area contributed by atoms with Gasteiger partial charge in [0, 0.05) is 0 Å². The van der Waals surface area contributed by atoms with E-state index in [1.54, 1.807) is 0 Å². The third-order valence-corrected chi connectivity index (χ3v) is 0.346. The van der Waals surface area contributed by atoms with Crippen molar-refractivity contribution >= 4 is 19.6 Å². The van der Waals surface area contributed by atoms with Crippen LogP contribution >= 0.6 is 0 Å². The Balaban J connectivity index is 3.08. The van der Waals surface area contributed by atoms with Gasteiger partial charge < -0.3 is 0 Å². The van der Waals surface area contributed by atoms with Crippen LogP contribution in [0.3, 0.4) is 0 Å². The van der Waals surface area contributed by atoms with Crippen molar-refractivity contribution in [1.82, 2.24) is 0 Å². The summed E-state index contributed by atoms with van der Waals surface area (Å²) >= 11 is 0. The summed E-state index contributed by atoms with van der Waals surface area (Å²) in [7, 11) is 0.531. The quantitative estimate of drug-likeness (QED) is 0.264. The van der Waals surface area contributed by atoms with Crippen LogP contribution in [0, 0.1) is 0 Å². The standard InChI is InChI=1S/C3H4BNO2/c6-2-1-5-3-4-7/h2-3H,1H2. The van der Waals surface area contributed by atoms with Gasteiger partial charge in [0.25, 0.3) is 0 Å². The molecule has 36 valence electrons. The molecule has 0 aliphatic rings. The second kappa shape index (κ2) is 5.20. The van der Waals surface area contributed by atoms with Crippen LogP contribution in [0.5, 0.6) is 0 Å². The summed E-state index contributed by atoms with van der Waals surface area (Å²) in [6, 6.07) is 0. The Kier molecular flexibility index (Phi) is 4.61. The van der Waals surface area contributed by atoms with E-state index in [1.807, 2.05) is 0 Å². The first-order valence-corrected chi connectivity index (χ1v) is 1.79. The van der Waals surface area contributed by atoms with Crippen molar-refractivity contribution in [3.8, 4) is 0 Å². The van der Waals surface area contributed by atoms with Gasteiger partial charge in [-0.2, -0.15) is 0 Å². The van der Waals surface area contributed by atoms with Crippen LogP contribution in [0.15, 0.2) is 4.99 Å². The van der Waals surface area contributed by atoms with Gasteiger partial charge in [0.1, 0.15) is 0 Å². The number of carbonyl (C=O) groups is 1. The topological polar surface area (TPSA) is 46.5 Å². The molecule has 0 spiro atoms. The molecular formula is C3H4BNO2. The molecule has 0 N–H and O–H groups in total. The fourth-order valence-corrected chi connectivity index (χ4v) is 0.147. The van der Waals surface area contributed by atoms with Crippen molar-refractivity contribution < 1.29 is 9.50 Å². The molecule has 0 aromatic heterocycles. The van der Waals surface area contributed by atoms with Crippen LogP contribution in [0.25, 0.3) is 0 Å². The first-order chi connectivity index (χ1) is 3.41. The average molecular weight is 96.9 g/mol. The molecule has 0 heterocycles. The molecule has 0 saturated heterocycles. The van der Waals surface area contributed by atoms with Gasteiger partial charge in [-0.25, -0.2) is 0 Å². The fourth-order valence-electron chi connectivity index (χ4n) is 0.147. The molecule has 4 heteroatoms. The zero-order valence-electron chi connectivity index (χ0n) is 3.70. The summed E-state index contributed by atoms with van der Waals surface area (Å²) in [6.45, 7) is 0.0821. The van der Waals surface area contributed by atoms with Gasteiger partial charge in [-0.1, -0.05) is 0 Å². The predicted octanol–water partition coefficient (Wildman–Crippen LogP) is -0.737. The molecular weight excluding hydrogens is 92.8 g/mol. The number of nitrogens with zero attached hydrogens (tertiary/aromatic N) is 1. The molecule has 0 aromatic carbocycles. The first-order valence-electron chi connectivity index (χ1n) is 1.79. The van der Waals surface area contributed by atoms with E-state index in [2.05, 4.69) is 4.99 Å². The van der Waals surface area contributed by atoms with E-state index < -0.39 is 0 Å². The summed E-state index contributed by atoms with van der Waals surface area (Å²) in [5.74, 6) is 0. The third-order valence-electron chi connectivity index (χ3n) is 0.346. The Morgan fingerprint density at radius 1 is 1.71 bits per heavy atom. The van der Waals surface area contributed by atoms with Gasteiger partial charge in [0.15, 0.2) is 0 Å². The SMILES string of the molecule is O=BC=NCC=O. The molecule has 0 unspecified atom stereocenters. The number of carbonyl (C=O) groups excluding carboxylic acids is 1. The molecule has 0 atom stereocenters. The van der Waals surface area contributed by atoms with E-state index in [9.17, 15) is 9.50 Å². The number of hydrogen-bond acceptors (Lipinski definition) is 3. The molecule has 0 radical (unpaired) electrons. The molecule has 0 bridgehead atoms. The number of rotatable bonds is 3. The monoisotopic (exact) mass is 97.0 g/mol. The summed E-state index contributed by atoms with van der Waals surface area (Å²) in [4.78, 5) is 12.8. The molecule has 0 fully saturated rings. The normalized spacial score (nSPS) is 8.57. The molecule has 0 saturated carbocycles. The zero-order valence-corrected chi connectivity index (χ0v) is 3.70. The Bertz CT molecular complexity index is 90.9. The van der Waals surface area contributed by atoms with E-state index in [-0.39, 0.29) is 6.54 Å². The van der Waals surface area contributed by atoms with Crippen LogP contribution in [-0.2, 0) is 9.50 Å².